The number of rotatable bonds is 6. The number of nitrogens with two attached hydrogens (primary N) is 1. The summed E-state index contributed by atoms with van der Waals surface area (Å²) >= 11 is 0. The number of benzene rings is 2. The molecule has 29 heavy (non-hydrogen) atoms. The lowest BCUT2D eigenvalue weighted by atomic mass is 10.1. The van der Waals surface area contributed by atoms with Crippen LogP contribution in [0.15, 0.2) is 41.4 Å². The van der Waals surface area contributed by atoms with E-state index in [-0.39, 0.29) is 12.5 Å². The standard InChI is InChI=1S/C17H12F5N3O4/c18-10-5-6-11(14(19)13(10)15(23)26)27-7-12-24-16(25-29-12)8-1-3-9(4-2-8)28-17(20,21)22/h1-6,16,25H,7H2,(H2,23,26). The average molecular weight is 417 g/mol. The van der Waals surface area contributed by atoms with Gasteiger partial charge in [-0.2, -0.15) is 0 Å². The number of hydrogen-bond acceptors (Lipinski definition) is 6. The topological polar surface area (TPSA) is 95.2 Å². The van der Waals surface area contributed by atoms with Gasteiger partial charge in [-0.25, -0.2) is 13.8 Å². The van der Waals surface area contributed by atoms with Gasteiger partial charge < -0.3 is 20.0 Å². The van der Waals surface area contributed by atoms with E-state index in [0.29, 0.717) is 5.56 Å². The van der Waals surface area contributed by atoms with Crippen molar-refractivity contribution in [3.8, 4) is 11.5 Å². The Morgan fingerprint density at radius 2 is 1.86 bits per heavy atom. The Morgan fingerprint density at radius 1 is 1.17 bits per heavy atom. The Balaban J connectivity index is 1.65. The predicted molar refractivity (Wildman–Crippen MR) is 87.9 cm³/mol. The zero-order chi connectivity index (χ0) is 21.2. The fourth-order valence-electron chi connectivity index (χ4n) is 2.39. The van der Waals surface area contributed by atoms with Crippen LogP contribution in [-0.2, 0) is 4.84 Å². The third kappa shape index (κ3) is 4.90. The molecule has 12 heteroatoms. The van der Waals surface area contributed by atoms with Crippen molar-refractivity contribution in [3.63, 3.8) is 0 Å². The van der Waals surface area contributed by atoms with Crippen LogP contribution in [0.2, 0.25) is 0 Å². The zero-order valence-electron chi connectivity index (χ0n) is 14.3. The largest absolute Gasteiger partial charge is 0.573 e. The minimum absolute atomic E-state index is 0.0185. The first-order valence-electron chi connectivity index (χ1n) is 7.89. The third-order valence-electron chi connectivity index (χ3n) is 3.64. The number of halogens is 5. The highest BCUT2D eigenvalue weighted by Crippen LogP contribution is 2.27. The summed E-state index contributed by atoms with van der Waals surface area (Å²) in [6, 6.07) is 6.68. The van der Waals surface area contributed by atoms with E-state index < -0.39 is 47.1 Å². The summed E-state index contributed by atoms with van der Waals surface area (Å²) in [6.07, 6.45) is -5.56. The smallest absolute Gasteiger partial charge is 0.481 e. The van der Waals surface area contributed by atoms with Crippen molar-refractivity contribution < 1.29 is 41.1 Å². The molecular formula is C17H12F5N3O4. The van der Waals surface area contributed by atoms with Crippen LogP contribution in [0.1, 0.15) is 22.1 Å². The van der Waals surface area contributed by atoms with Crippen molar-refractivity contribution in [2.45, 2.75) is 12.5 Å². The van der Waals surface area contributed by atoms with Gasteiger partial charge in [0.1, 0.15) is 17.1 Å². The van der Waals surface area contributed by atoms with Crippen molar-refractivity contribution >= 4 is 11.8 Å². The molecule has 1 amide bonds. The zero-order valence-corrected chi connectivity index (χ0v) is 14.3. The summed E-state index contributed by atoms with van der Waals surface area (Å²) in [5.41, 5.74) is 6.95. The molecule has 0 radical (unpaired) electrons. The van der Waals surface area contributed by atoms with Crippen LogP contribution in [0.5, 0.6) is 11.5 Å². The molecule has 0 saturated carbocycles. The average Bonchev–Trinajstić information content (AvgIpc) is 3.09. The van der Waals surface area contributed by atoms with Gasteiger partial charge in [0, 0.05) is 0 Å². The number of carbonyl (C=O) groups excluding carboxylic acids is 1. The Labute approximate surface area is 159 Å². The van der Waals surface area contributed by atoms with Gasteiger partial charge in [-0.15, -0.1) is 18.7 Å². The van der Waals surface area contributed by atoms with E-state index in [1.54, 1.807) is 0 Å². The van der Waals surface area contributed by atoms with Gasteiger partial charge in [-0.1, -0.05) is 12.1 Å². The Morgan fingerprint density at radius 3 is 2.48 bits per heavy atom. The Hall–Kier alpha value is -3.41. The molecule has 7 nitrogen and oxygen atoms in total. The maximum absolute atomic E-state index is 14.1. The van der Waals surface area contributed by atoms with Gasteiger partial charge in [-0.3, -0.25) is 4.79 Å². The molecule has 0 spiro atoms. The molecule has 0 aliphatic carbocycles. The molecule has 1 aliphatic rings. The SMILES string of the molecule is NC(=O)c1c(F)ccc(OCC2=NC(c3ccc(OC(F)(F)F)cc3)NO2)c1F. The van der Waals surface area contributed by atoms with Crippen LogP contribution < -0.4 is 20.7 Å². The molecule has 2 aromatic rings. The van der Waals surface area contributed by atoms with Gasteiger partial charge in [0.05, 0.1) is 0 Å². The van der Waals surface area contributed by atoms with Gasteiger partial charge in [0.15, 0.2) is 24.3 Å². The molecule has 0 aromatic heterocycles. The number of nitrogens with zero attached hydrogens (tertiary/aromatic N) is 1. The summed E-state index contributed by atoms with van der Waals surface area (Å²) in [6.45, 7) is -0.375. The summed E-state index contributed by atoms with van der Waals surface area (Å²) in [5, 5.41) is 0. The number of carbonyl (C=O) groups is 1. The molecule has 1 atom stereocenters. The van der Waals surface area contributed by atoms with E-state index in [4.69, 9.17) is 15.3 Å². The number of alkyl halides is 3. The van der Waals surface area contributed by atoms with Gasteiger partial charge in [0.25, 0.3) is 5.91 Å². The fraction of sp³-hybridized carbons (Fsp3) is 0.176. The Kier molecular flexibility index (Phi) is 5.55. The van der Waals surface area contributed by atoms with Crippen LogP contribution in [0.4, 0.5) is 22.0 Å². The maximum Gasteiger partial charge on any atom is 0.573 e. The van der Waals surface area contributed by atoms with E-state index >= 15 is 0 Å². The molecule has 3 N–H and O–H groups in total. The molecule has 154 valence electrons. The van der Waals surface area contributed by atoms with E-state index in [2.05, 4.69) is 15.2 Å². The van der Waals surface area contributed by atoms with E-state index in [0.717, 1.165) is 24.3 Å². The number of aliphatic imine (C=N–C) groups is 1. The predicted octanol–water partition coefficient (Wildman–Crippen LogP) is 2.97. The Bertz CT molecular complexity index is 947. The van der Waals surface area contributed by atoms with Gasteiger partial charge in [-0.05, 0) is 29.8 Å². The van der Waals surface area contributed by atoms with Crippen LogP contribution >= 0.6 is 0 Å². The second kappa shape index (κ2) is 7.91. The number of primary amides is 1. The second-order valence-corrected chi connectivity index (χ2v) is 5.65. The number of ether oxygens (including phenoxy) is 2. The molecule has 1 aliphatic heterocycles. The number of hydrogen-bond donors (Lipinski definition) is 2. The second-order valence-electron chi connectivity index (χ2n) is 5.65. The summed E-state index contributed by atoms with van der Waals surface area (Å²) in [5.74, 6) is -4.54. The molecule has 1 unspecified atom stereocenters. The highest BCUT2D eigenvalue weighted by molar-refractivity contribution is 5.93. The molecule has 2 aromatic carbocycles. The van der Waals surface area contributed by atoms with Crippen molar-refractivity contribution in [1.29, 1.82) is 0 Å². The first-order valence-corrected chi connectivity index (χ1v) is 7.89. The molecular weight excluding hydrogens is 405 g/mol. The van der Waals surface area contributed by atoms with Crippen LogP contribution in [0, 0.1) is 11.6 Å². The monoisotopic (exact) mass is 417 g/mol. The number of nitrogens with one attached hydrogen (secondary N) is 1. The normalized spacial score (nSPS) is 16.2. The summed E-state index contributed by atoms with van der Waals surface area (Å²) in [4.78, 5) is 20.3. The third-order valence-corrected chi connectivity index (χ3v) is 3.64. The van der Waals surface area contributed by atoms with Crippen molar-refractivity contribution in [2.24, 2.45) is 10.7 Å². The van der Waals surface area contributed by atoms with Crippen LogP contribution in [-0.4, -0.2) is 24.8 Å². The van der Waals surface area contributed by atoms with Crippen molar-refractivity contribution in [3.05, 3.63) is 59.2 Å². The molecule has 0 bridgehead atoms. The molecule has 1 heterocycles. The molecule has 3 rings (SSSR count). The maximum atomic E-state index is 14.1. The lowest BCUT2D eigenvalue weighted by Gasteiger charge is -2.10. The highest BCUT2D eigenvalue weighted by Gasteiger charge is 2.31. The minimum atomic E-state index is -4.80. The first kappa shape index (κ1) is 20.3. The fourth-order valence-corrected chi connectivity index (χ4v) is 2.39. The summed E-state index contributed by atoms with van der Waals surface area (Å²) < 4.78 is 73.0. The quantitative estimate of drug-likeness (QED) is 0.705. The van der Waals surface area contributed by atoms with E-state index in [1.165, 1.54) is 12.1 Å². The van der Waals surface area contributed by atoms with Gasteiger partial charge in [0.2, 0.25) is 5.90 Å². The van der Waals surface area contributed by atoms with Crippen LogP contribution in [0.25, 0.3) is 0 Å². The van der Waals surface area contributed by atoms with Crippen LogP contribution in [0.3, 0.4) is 0 Å². The molecule has 0 saturated heterocycles. The van der Waals surface area contributed by atoms with Crippen molar-refractivity contribution in [2.75, 3.05) is 6.61 Å². The summed E-state index contributed by atoms with van der Waals surface area (Å²) in [7, 11) is 0. The lowest BCUT2D eigenvalue weighted by molar-refractivity contribution is -0.274. The number of hydroxylamine groups is 1. The highest BCUT2D eigenvalue weighted by atomic mass is 19.4. The lowest BCUT2D eigenvalue weighted by Crippen LogP contribution is -2.19. The minimum Gasteiger partial charge on any atom is -0.481 e. The molecule has 0 fully saturated rings. The number of amides is 1. The van der Waals surface area contributed by atoms with E-state index in [9.17, 15) is 26.7 Å². The van der Waals surface area contributed by atoms with Crippen molar-refractivity contribution in [1.82, 2.24) is 5.48 Å². The first-order chi connectivity index (χ1) is 13.6. The van der Waals surface area contributed by atoms with Gasteiger partial charge >= 0.3 is 6.36 Å². The van der Waals surface area contributed by atoms with E-state index in [1.807, 2.05) is 0 Å².